The molecule has 0 radical (unpaired) electrons. The van der Waals surface area contributed by atoms with Gasteiger partial charge in [-0.05, 0) is 47.1 Å². The number of benzene rings is 1. The van der Waals surface area contributed by atoms with Crippen LogP contribution in [0.1, 0.15) is 29.3 Å². The summed E-state index contributed by atoms with van der Waals surface area (Å²) in [7, 11) is 0. The number of hydrogen-bond donors (Lipinski definition) is 2. The maximum atomic E-state index is 12.0. The fraction of sp³-hybridized carbons (Fsp3) is 0.176. The fourth-order valence-corrected chi connectivity index (χ4v) is 2.57. The number of rotatable bonds is 5. The third-order valence-corrected chi connectivity index (χ3v) is 3.88. The molecule has 1 aromatic carbocycles. The first-order valence-electron chi connectivity index (χ1n) is 7.34. The van der Waals surface area contributed by atoms with Crippen molar-refractivity contribution in [2.45, 2.75) is 13.0 Å². The molecule has 2 heterocycles. The van der Waals surface area contributed by atoms with E-state index in [1.165, 1.54) is 6.07 Å². The van der Waals surface area contributed by atoms with Gasteiger partial charge in [0.2, 0.25) is 5.91 Å². The van der Waals surface area contributed by atoms with Gasteiger partial charge < -0.3 is 19.5 Å². The zero-order chi connectivity index (χ0) is 17.1. The van der Waals surface area contributed by atoms with Crippen molar-refractivity contribution in [2.24, 2.45) is 0 Å². The molecule has 0 saturated carbocycles. The third kappa shape index (κ3) is 3.68. The van der Waals surface area contributed by atoms with E-state index in [4.69, 9.17) is 8.83 Å². The zero-order valence-corrected chi connectivity index (χ0v) is 14.4. The molecule has 0 saturated heterocycles. The van der Waals surface area contributed by atoms with Gasteiger partial charge in [-0.1, -0.05) is 18.2 Å². The van der Waals surface area contributed by atoms with E-state index in [1.54, 1.807) is 6.07 Å². The quantitative estimate of drug-likeness (QED) is 0.698. The van der Waals surface area contributed by atoms with Gasteiger partial charge in [0.05, 0.1) is 12.6 Å². The van der Waals surface area contributed by atoms with Crippen LogP contribution in [0.25, 0.3) is 11.0 Å². The number of furan rings is 2. The number of para-hydroxylation sites is 1. The van der Waals surface area contributed by atoms with Gasteiger partial charge in [-0.15, -0.1) is 0 Å². The van der Waals surface area contributed by atoms with Crippen LogP contribution in [0, 0.1) is 0 Å². The Hall–Kier alpha value is -2.54. The molecule has 1 unspecified atom stereocenters. The highest BCUT2D eigenvalue weighted by atomic mass is 79.9. The van der Waals surface area contributed by atoms with E-state index in [0.29, 0.717) is 10.4 Å². The summed E-state index contributed by atoms with van der Waals surface area (Å²) in [5, 5.41) is 6.26. The summed E-state index contributed by atoms with van der Waals surface area (Å²) in [4.78, 5) is 23.8. The molecule has 0 spiro atoms. The lowest BCUT2D eigenvalue weighted by atomic mass is 10.2. The molecule has 24 heavy (non-hydrogen) atoms. The predicted octanol–water partition coefficient (Wildman–Crippen LogP) is 3.40. The zero-order valence-electron chi connectivity index (χ0n) is 12.8. The summed E-state index contributed by atoms with van der Waals surface area (Å²) in [5.41, 5.74) is 0.769. The number of fused-ring (bicyclic) bond motifs is 1. The Labute approximate surface area is 146 Å². The fourth-order valence-electron chi connectivity index (χ4n) is 2.26. The lowest BCUT2D eigenvalue weighted by Crippen LogP contribution is -2.37. The second-order valence-corrected chi connectivity index (χ2v) is 6.04. The largest absolute Gasteiger partial charge is 0.459 e. The first kappa shape index (κ1) is 16.3. The summed E-state index contributed by atoms with van der Waals surface area (Å²) in [6, 6.07) is 12.3. The topological polar surface area (TPSA) is 84.5 Å². The van der Waals surface area contributed by atoms with Gasteiger partial charge >= 0.3 is 0 Å². The number of amides is 2. The van der Waals surface area contributed by atoms with Crippen molar-refractivity contribution in [2.75, 3.05) is 6.54 Å². The molecule has 2 aromatic heterocycles. The molecular formula is C17H15BrN2O4. The van der Waals surface area contributed by atoms with Crippen LogP contribution in [0.5, 0.6) is 0 Å². The Balaban J connectivity index is 1.55. The maximum absolute atomic E-state index is 12.0. The van der Waals surface area contributed by atoms with Gasteiger partial charge in [0.1, 0.15) is 11.3 Å². The van der Waals surface area contributed by atoms with Gasteiger partial charge in [-0.25, -0.2) is 0 Å². The summed E-state index contributed by atoms with van der Waals surface area (Å²) in [6.45, 7) is 1.67. The Morgan fingerprint density at radius 2 is 1.96 bits per heavy atom. The van der Waals surface area contributed by atoms with Crippen LogP contribution in [0.15, 0.2) is 56.0 Å². The van der Waals surface area contributed by atoms with Gasteiger partial charge in [0.15, 0.2) is 10.4 Å². The van der Waals surface area contributed by atoms with Crippen molar-refractivity contribution in [1.82, 2.24) is 10.6 Å². The average Bonchev–Trinajstić information content (AvgIpc) is 3.18. The first-order chi connectivity index (χ1) is 11.5. The molecule has 3 aromatic rings. The summed E-state index contributed by atoms with van der Waals surface area (Å²) < 4.78 is 11.3. The normalized spacial score (nSPS) is 12.1. The van der Waals surface area contributed by atoms with E-state index in [9.17, 15) is 9.59 Å². The van der Waals surface area contributed by atoms with Gasteiger partial charge in [-0.3, -0.25) is 9.59 Å². The SMILES string of the molecule is CC(NC(=O)CNC(=O)c1ccc(Br)o1)c1cc2ccccc2o1. The van der Waals surface area contributed by atoms with Crippen LogP contribution >= 0.6 is 15.9 Å². The second kappa shape index (κ2) is 6.92. The number of carbonyl (C=O) groups is 2. The van der Waals surface area contributed by atoms with Crippen LogP contribution in [0.4, 0.5) is 0 Å². The Morgan fingerprint density at radius 3 is 2.67 bits per heavy atom. The highest BCUT2D eigenvalue weighted by molar-refractivity contribution is 9.10. The lowest BCUT2D eigenvalue weighted by Gasteiger charge is -2.11. The number of carbonyl (C=O) groups excluding carboxylic acids is 2. The Morgan fingerprint density at radius 1 is 1.17 bits per heavy atom. The molecule has 1 atom stereocenters. The minimum absolute atomic E-state index is 0.139. The average molecular weight is 391 g/mol. The Kier molecular flexibility index (Phi) is 4.71. The van der Waals surface area contributed by atoms with E-state index in [0.717, 1.165) is 11.0 Å². The highest BCUT2D eigenvalue weighted by Crippen LogP contribution is 2.23. The van der Waals surface area contributed by atoms with E-state index < -0.39 is 5.91 Å². The molecule has 0 fully saturated rings. The lowest BCUT2D eigenvalue weighted by molar-refractivity contribution is -0.120. The molecule has 3 rings (SSSR count). The monoisotopic (exact) mass is 390 g/mol. The van der Waals surface area contributed by atoms with Crippen molar-refractivity contribution >= 4 is 38.7 Å². The van der Waals surface area contributed by atoms with Crippen molar-refractivity contribution in [3.05, 3.63) is 58.7 Å². The Bertz CT molecular complexity index is 850. The molecule has 2 N–H and O–H groups in total. The molecule has 0 bridgehead atoms. The summed E-state index contributed by atoms with van der Waals surface area (Å²) >= 11 is 3.12. The van der Waals surface area contributed by atoms with Gasteiger partial charge in [0, 0.05) is 5.39 Å². The van der Waals surface area contributed by atoms with E-state index in [2.05, 4.69) is 26.6 Å². The third-order valence-electron chi connectivity index (χ3n) is 3.46. The number of nitrogens with one attached hydrogen (secondary N) is 2. The molecule has 7 heteroatoms. The highest BCUT2D eigenvalue weighted by Gasteiger charge is 2.16. The van der Waals surface area contributed by atoms with Gasteiger partial charge in [0.25, 0.3) is 5.91 Å². The predicted molar refractivity (Wildman–Crippen MR) is 91.5 cm³/mol. The molecule has 2 amide bonds. The van der Waals surface area contributed by atoms with E-state index >= 15 is 0 Å². The molecule has 0 aliphatic heterocycles. The minimum atomic E-state index is -0.452. The van der Waals surface area contributed by atoms with Crippen LogP contribution in [0.2, 0.25) is 0 Å². The minimum Gasteiger partial charge on any atom is -0.459 e. The van der Waals surface area contributed by atoms with Crippen molar-refractivity contribution in [3.63, 3.8) is 0 Å². The van der Waals surface area contributed by atoms with E-state index in [1.807, 2.05) is 37.3 Å². The molecular weight excluding hydrogens is 376 g/mol. The maximum Gasteiger partial charge on any atom is 0.287 e. The number of hydrogen-bond acceptors (Lipinski definition) is 4. The molecule has 0 aliphatic carbocycles. The van der Waals surface area contributed by atoms with Crippen molar-refractivity contribution in [1.29, 1.82) is 0 Å². The smallest absolute Gasteiger partial charge is 0.287 e. The van der Waals surface area contributed by atoms with Crippen molar-refractivity contribution < 1.29 is 18.4 Å². The second-order valence-electron chi connectivity index (χ2n) is 5.26. The van der Waals surface area contributed by atoms with Crippen LogP contribution in [-0.4, -0.2) is 18.4 Å². The van der Waals surface area contributed by atoms with Crippen LogP contribution in [0.3, 0.4) is 0 Å². The summed E-state index contributed by atoms with van der Waals surface area (Å²) in [5.74, 6) is 0.0278. The number of halogens is 1. The van der Waals surface area contributed by atoms with Crippen LogP contribution in [-0.2, 0) is 4.79 Å². The molecule has 124 valence electrons. The van der Waals surface area contributed by atoms with E-state index in [-0.39, 0.29) is 24.3 Å². The molecule has 0 aliphatic rings. The van der Waals surface area contributed by atoms with Crippen molar-refractivity contribution in [3.8, 4) is 0 Å². The molecule has 6 nitrogen and oxygen atoms in total. The first-order valence-corrected chi connectivity index (χ1v) is 8.13. The van der Waals surface area contributed by atoms with Gasteiger partial charge in [-0.2, -0.15) is 0 Å². The standard InChI is InChI=1S/C17H15BrN2O4/c1-10(14-8-11-4-2-3-5-12(11)23-14)20-16(21)9-19-17(22)13-6-7-15(18)24-13/h2-8,10H,9H2,1H3,(H,19,22)(H,20,21). The van der Waals surface area contributed by atoms with Crippen LogP contribution < -0.4 is 10.6 Å². The summed E-state index contributed by atoms with van der Waals surface area (Å²) in [6.07, 6.45) is 0.